The van der Waals surface area contributed by atoms with Gasteiger partial charge >= 0.3 is 5.97 Å². The van der Waals surface area contributed by atoms with Gasteiger partial charge in [-0.1, -0.05) is 0 Å². The highest BCUT2D eigenvalue weighted by Gasteiger charge is 2.06. The van der Waals surface area contributed by atoms with E-state index >= 15 is 0 Å². The molecule has 0 radical (unpaired) electrons. The molecule has 1 heterocycles. The van der Waals surface area contributed by atoms with Gasteiger partial charge in [0.1, 0.15) is 0 Å². The predicted molar refractivity (Wildman–Crippen MR) is 69.6 cm³/mol. The predicted octanol–water partition coefficient (Wildman–Crippen LogP) is 0.797. The lowest BCUT2D eigenvalue weighted by Gasteiger charge is -2.01. The fourth-order valence-electron chi connectivity index (χ4n) is 1.24. The number of hydrogen-bond donors (Lipinski definition) is 2. The first-order chi connectivity index (χ1) is 8.65. The Morgan fingerprint density at radius 1 is 1.44 bits per heavy atom. The molecule has 0 saturated heterocycles. The monoisotopic (exact) mass is 271 g/mol. The van der Waals surface area contributed by atoms with Crippen molar-refractivity contribution < 1.29 is 14.3 Å². The van der Waals surface area contributed by atoms with Crippen LogP contribution in [-0.2, 0) is 20.7 Å². The van der Waals surface area contributed by atoms with Crippen molar-refractivity contribution >= 4 is 28.3 Å². The number of carbonyl (C=O) groups is 2. The molecule has 100 valence electrons. The van der Waals surface area contributed by atoms with Crippen molar-refractivity contribution in [3.8, 4) is 0 Å². The summed E-state index contributed by atoms with van der Waals surface area (Å²) in [5.74, 6) is -0.248. The molecule has 1 aromatic rings. The molecule has 0 unspecified atom stereocenters. The van der Waals surface area contributed by atoms with Crippen molar-refractivity contribution in [2.75, 3.05) is 26.0 Å². The number of ether oxygens (including phenoxy) is 1. The number of hydrogen-bond acceptors (Lipinski definition) is 6. The molecule has 2 N–H and O–H groups in total. The summed E-state index contributed by atoms with van der Waals surface area (Å²) in [6, 6.07) is 0. The van der Waals surface area contributed by atoms with Crippen LogP contribution in [0.5, 0.6) is 0 Å². The highest BCUT2D eigenvalue weighted by molar-refractivity contribution is 7.13. The van der Waals surface area contributed by atoms with Gasteiger partial charge in [0.2, 0.25) is 5.91 Å². The Labute approximate surface area is 110 Å². The zero-order valence-corrected chi connectivity index (χ0v) is 11.3. The van der Waals surface area contributed by atoms with E-state index in [4.69, 9.17) is 0 Å². The van der Waals surface area contributed by atoms with Crippen LogP contribution < -0.4 is 10.6 Å². The summed E-state index contributed by atoms with van der Waals surface area (Å²) in [6.45, 7) is 0.545. The summed E-state index contributed by atoms with van der Waals surface area (Å²) >= 11 is 1.46. The Kier molecular flexibility index (Phi) is 6.13. The van der Waals surface area contributed by atoms with Crippen LogP contribution in [0.2, 0.25) is 0 Å². The van der Waals surface area contributed by atoms with E-state index in [-0.39, 0.29) is 11.9 Å². The number of esters is 1. The van der Waals surface area contributed by atoms with E-state index in [1.165, 1.54) is 18.4 Å². The number of nitrogens with zero attached hydrogens (tertiary/aromatic N) is 1. The van der Waals surface area contributed by atoms with Gasteiger partial charge in [0, 0.05) is 31.8 Å². The zero-order chi connectivity index (χ0) is 13.4. The molecule has 7 heteroatoms. The topological polar surface area (TPSA) is 80.3 Å². The van der Waals surface area contributed by atoms with Gasteiger partial charge in [-0.05, 0) is 0 Å². The summed E-state index contributed by atoms with van der Waals surface area (Å²) in [5, 5.41) is 8.27. The molecule has 0 aromatic carbocycles. The number of methoxy groups -OCH3 is 1. The Hall–Kier alpha value is -1.63. The first-order valence-electron chi connectivity index (χ1n) is 5.61. The number of carbonyl (C=O) groups excluding carboxylic acids is 2. The average Bonchev–Trinajstić information content (AvgIpc) is 2.83. The van der Waals surface area contributed by atoms with E-state index in [2.05, 4.69) is 20.4 Å². The van der Waals surface area contributed by atoms with Gasteiger partial charge in [-0.2, -0.15) is 0 Å². The lowest BCUT2D eigenvalue weighted by Crippen LogP contribution is -2.20. The average molecular weight is 271 g/mol. The maximum absolute atomic E-state index is 11.0. The summed E-state index contributed by atoms with van der Waals surface area (Å²) in [4.78, 5) is 26.3. The van der Waals surface area contributed by atoms with Gasteiger partial charge in [-0.15, -0.1) is 11.3 Å². The van der Waals surface area contributed by atoms with Crippen LogP contribution in [0.4, 0.5) is 5.13 Å². The Bertz CT molecular complexity index is 406. The van der Waals surface area contributed by atoms with E-state index < -0.39 is 0 Å². The largest absolute Gasteiger partial charge is 0.469 e. The summed E-state index contributed by atoms with van der Waals surface area (Å²) in [7, 11) is 2.98. The lowest BCUT2D eigenvalue weighted by molar-refractivity contribution is -0.140. The van der Waals surface area contributed by atoms with Gasteiger partial charge in [-0.25, -0.2) is 4.98 Å². The van der Waals surface area contributed by atoms with E-state index in [0.717, 1.165) is 10.8 Å². The maximum atomic E-state index is 11.0. The Balaban J connectivity index is 2.30. The molecule has 0 bridgehead atoms. The van der Waals surface area contributed by atoms with Crippen LogP contribution in [0, 0.1) is 0 Å². The molecule has 0 fully saturated rings. The quantitative estimate of drug-likeness (QED) is 0.717. The number of nitrogens with one attached hydrogen (secondary N) is 2. The number of thiazole rings is 1. The van der Waals surface area contributed by atoms with E-state index in [9.17, 15) is 9.59 Å². The second kappa shape index (κ2) is 7.65. The molecule has 1 amide bonds. The van der Waals surface area contributed by atoms with Gasteiger partial charge < -0.3 is 15.4 Å². The number of rotatable bonds is 7. The standard InChI is InChI=1S/C11H17N3O3S/c1-12-9(15)5-6-13-11-14-8(7-18-11)3-4-10(16)17-2/h7H,3-6H2,1-2H3,(H,12,15)(H,13,14). The second-order valence-electron chi connectivity index (χ2n) is 3.57. The van der Waals surface area contributed by atoms with Crippen LogP contribution in [0.3, 0.4) is 0 Å². The first kappa shape index (κ1) is 14.4. The van der Waals surface area contributed by atoms with E-state index in [1.54, 1.807) is 7.05 Å². The SMILES string of the molecule is CNC(=O)CCNc1nc(CCC(=O)OC)cs1. The minimum Gasteiger partial charge on any atom is -0.469 e. The fraction of sp³-hybridized carbons (Fsp3) is 0.545. The third kappa shape index (κ3) is 5.13. The molecule has 1 aromatic heterocycles. The van der Waals surface area contributed by atoms with Crippen molar-refractivity contribution in [3.05, 3.63) is 11.1 Å². The minimum absolute atomic E-state index is 0.00929. The number of anilines is 1. The van der Waals surface area contributed by atoms with Crippen LogP contribution in [0.1, 0.15) is 18.5 Å². The Morgan fingerprint density at radius 3 is 2.89 bits per heavy atom. The van der Waals surface area contributed by atoms with Crippen molar-refractivity contribution in [1.82, 2.24) is 10.3 Å². The summed E-state index contributed by atoms with van der Waals surface area (Å²) in [6.07, 6.45) is 1.31. The van der Waals surface area contributed by atoms with Gasteiger partial charge in [0.25, 0.3) is 0 Å². The molecule has 0 aliphatic heterocycles. The molecule has 0 spiro atoms. The Morgan fingerprint density at radius 2 is 2.22 bits per heavy atom. The molecule has 0 saturated carbocycles. The maximum Gasteiger partial charge on any atom is 0.305 e. The van der Waals surface area contributed by atoms with Crippen molar-refractivity contribution in [2.45, 2.75) is 19.3 Å². The van der Waals surface area contributed by atoms with Gasteiger partial charge in [0.05, 0.1) is 19.2 Å². The van der Waals surface area contributed by atoms with Crippen LogP contribution >= 0.6 is 11.3 Å². The van der Waals surface area contributed by atoms with Crippen LogP contribution in [0.25, 0.3) is 0 Å². The van der Waals surface area contributed by atoms with Gasteiger partial charge in [-0.3, -0.25) is 9.59 Å². The molecular weight excluding hydrogens is 254 g/mol. The smallest absolute Gasteiger partial charge is 0.305 e. The molecular formula is C11H17N3O3S. The summed E-state index contributed by atoms with van der Waals surface area (Å²) in [5.41, 5.74) is 0.854. The number of aromatic nitrogens is 1. The second-order valence-corrected chi connectivity index (χ2v) is 4.43. The number of aryl methyl sites for hydroxylation is 1. The van der Waals surface area contributed by atoms with Crippen LogP contribution in [0.15, 0.2) is 5.38 Å². The van der Waals surface area contributed by atoms with E-state index in [0.29, 0.717) is 25.8 Å². The van der Waals surface area contributed by atoms with E-state index in [1.807, 2.05) is 5.38 Å². The third-order valence-corrected chi connectivity index (χ3v) is 3.12. The van der Waals surface area contributed by atoms with Crippen molar-refractivity contribution in [1.29, 1.82) is 0 Å². The molecule has 0 aliphatic rings. The molecule has 0 atom stereocenters. The first-order valence-corrected chi connectivity index (χ1v) is 6.49. The fourth-order valence-corrected chi connectivity index (χ4v) is 2.02. The highest BCUT2D eigenvalue weighted by Crippen LogP contribution is 2.16. The molecule has 6 nitrogen and oxygen atoms in total. The highest BCUT2D eigenvalue weighted by atomic mass is 32.1. The molecule has 18 heavy (non-hydrogen) atoms. The number of amides is 1. The van der Waals surface area contributed by atoms with Crippen LogP contribution in [-0.4, -0.2) is 37.6 Å². The normalized spacial score (nSPS) is 9.89. The lowest BCUT2D eigenvalue weighted by atomic mass is 10.2. The van der Waals surface area contributed by atoms with Gasteiger partial charge in [0.15, 0.2) is 5.13 Å². The molecule has 0 aliphatic carbocycles. The molecule has 1 rings (SSSR count). The third-order valence-electron chi connectivity index (χ3n) is 2.27. The van der Waals surface area contributed by atoms with Crippen molar-refractivity contribution in [2.24, 2.45) is 0 Å². The summed E-state index contributed by atoms with van der Waals surface area (Å²) < 4.78 is 4.56. The zero-order valence-electron chi connectivity index (χ0n) is 10.5. The van der Waals surface area contributed by atoms with Crippen molar-refractivity contribution in [3.63, 3.8) is 0 Å². The minimum atomic E-state index is -0.239.